The van der Waals surface area contributed by atoms with Gasteiger partial charge in [-0.15, -0.1) is 0 Å². The van der Waals surface area contributed by atoms with Gasteiger partial charge in [-0.2, -0.15) is 0 Å². The third-order valence-electron chi connectivity index (χ3n) is 5.80. The molecule has 2 fully saturated rings. The van der Waals surface area contributed by atoms with Crippen molar-refractivity contribution < 1.29 is 4.79 Å². The van der Waals surface area contributed by atoms with Gasteiger partial charge in [-0.25, -0.2) is 4.98 Å². The van der Waals surface area contributed by atoms with Gasteiger partial charge < -0.3 is 15.6 Å². The number of nitrogens with one attached hydrogen (secondary N) is 1. The molecule has 1 aliphatic carbocycles. The molecule has 128 valence electrons. The number of piperidine rings is 1. The Labute approximate surface area is 142 Å². The molecule has 0 unspecified atom stereocenters. The molecule has 4 rings (SSSR count). The molecule has 1 saturated carbocycles. The predicted molar refractivity (Wildman–Crippen MR) is 94.6 cm³/mol. The molecule has 1 amide bonds. The van der Waals surface area contributed by atoms with Crippen LogP contribution in [0.4, 0.5) is 0 Å². The number of aromatic nitrogens is 2. The van der Waals surface area contributed by atoms with Crippen LogP contribution in [0.3, 0.4) is 0 Å². The molecular weight excluding hydrogens is 300 g/mol. The Morgan fingerprint density at radius 1 is 1.21 bits per heavy atom. The molecule has 0 spiro atoms. The summed E-state index contributed by atoms with van der Waals surface area (Å²) in [7, 11) is 0. The Kier molecular flexibility index (Phi) is 4.27. The number of carbonyl (C=O) groups excluding carboxylic acids is 1. The number of likely N-dealkylation sites (tertiary alicyclic amines) is 1. The van der Waals surface area contributed by atoms with E-state index >= 15 is 0 Å². The molecular formula is C19H26N4O. The first-order valence-corrected chi connectivity index (χ1v) is 9.18. The smallest absolute Gasteiger partial charge is 0.222 e. The Hall–Kier alpha value is -1.88. The van der Waals surface area contributed by atoms with E-state index in [0.29, 0.717) is 24.2 Å². The van der Waals surface area contributed by atoms with E-state index in [2.05, 4.69) is 11.1 Å². The standard InChI is InChI=1S/C19H26N4O/c20-15-5-3-4-14(15)12-18(24)23-10-8-13(9-11-23)19-21-16-6-1-2-7-17(16)22-19/h1-2,6-7,13-15H,3-5,8-12,20H2,(H,21,22)/t14-,15+/m0/s1. The highest BCUT2D eigenvalue weighted by Gasteiger charge is 2.30. The van der Waals surface area contributed by atoms with Crippen LogP contribution in [0.15, 0.2) is 24.3 Å². The number of rotatable bonds is 3. The van der Waals surface area contributed by atoms with Gasteiger partial charge in [-0.1, -0.05) is 18.6 Å². The van der Waals surface area contributed by atoms with Crippen molar-refractivity contribution in [3.8, 4) is 0 Å². The molecule has 2 atom stereocenters. The Morgan fingerprint density at radius 2 is 2.00 bits per heavy atom. The van der Waals surface area contributed by atoms with Gasteiger partial charge >= 0.3 is 0 Å². The average Bonchev–Trinajstić information content (AvgIpc) is 3.21. The second-order valence-electron chi connectivity index (χ2n) is 7.35. The summed E-state index contributed by atoms with van der Waals surface area (Å²) in [6, 6.07) is 8.37. The van der Waals surface area contributed by atoms with Crippen molar-refractivity contribution >= 4 is 16.9 Å². The molecule has 2 aromatic rings. The van der Waals surface area contributed by atoms with Crippen LogP contribution < -0.4 is 5.73 Å². The maximum absolute atomic E-state index is 12.5. The van der Waals surface area contributed by atoms with Crippen molar-refractivity contribution in [1.29, 1.82) is 0 Å². The number of imidazole rings is 1. The van der Waals surface area contributed by atoms with Crippen LogP contribution >= 0.6 is 0 Å². The monoisotopic (exact) mass is 326 g/mol. The van der Waals surface area contributed by atoms with Crippen molar-refractivity contribution in [2.45, 2.75) is 50.5 Å². The highest BCUT2D eigenvalue weighted by atomic mass is 16.2. The largest absolute Gasteiger partial charge is 0.343 e. The van der Waals surface area contributed by atoms with Gasteiger partial charge in [-0.3, -0.25) is 4.79 Å². The lowest BCUT2D eigenvalue weighted by atomic mass is 9.94. The quantitative estimate of drug-likeness (QED) is 0.911. The lowest BCUT2D eigenvalue weighted by Gasteiger charge is -2.32. The summed E-state index contributed by atoms with van der Waals surface area (Å²) in [5, 5.41) is 0. The molecule has 1 aromatic heterocycles. The van der Waals surface area contributed by atoms with Gasteiger partial charge in [0.1, 0.15) is 5.82 Å². The Morgan fingerprint density at radius 3 is 2.71 bits per heavy atom. The summed E-state index contributed by atoms with van der Waals surface area (Å²) >= 11 is 0. The Bertz CT molecular complexity index is 684. The first-order valence-electron chi connectivity index (χ1n) is 9.18. The molecule has 5 nitrogen and oxygen atoms in total. The first-order chi connectivity index (χ1) is 11.7. The third-order valence-corrected chi connectivity index (χ3v) is 5.80. The second-order valence-corrected chi connectivity index (χ2v) is 7.35. The van der Waals surface area contributed by atoms with Crippen LogP contribution in [0.25, 0.3) is 11.0 Å². The molecule has 3 N–H and O–H groups in total. The van der Waals surface area contributed by atoms with Gasteiger partial charge in [0, 0.05) is 31.5 Å². The number of nitrogens with zero attached hydrogens (tertiary/aromatic N) is 2. The summed E-state index contributed by atoms with van der Waals surface area (Å²) in [6.07, 6.45) is 5.97. The van der Waals surface area contributed by atoms with Gasteiger partial charge in [0.05, 0.1) is 11.0 Å². The van der Waals surface area contributed by atoms with E-state index in [4.69, 9.17) is 10.7 Å². The normalized spacial score (nSPS) is 25.5. The topological polar surface area (TPSA) is 75.0 Å². The van der Waals surface area contributed by atoms with Crippen LogP contribution in [0.2, 0.25) is 0 Å². The average molecular weight is 326 g/mol. The zero-order valence-electron chi connectivity index (χ0n) is 14.1. The fraction of sp³-hybridized carbons (Fsp3) is 0.579. The van der Waals surface area contributed by atoms with Crippen molar-refractivity contribution in [3.05, 3.63) is 30.1 Å². The van der Waals surface area contributed by atoms with Crippen molar-refractivity contribution in [1.82, 2.24) is 14.9 Å². The highest BCUT2D eigenvalue weighted by molar-refractivity contribution is 5.77. The minimum absolute atomic E-state index is 0.224. The number of aromatic amines is 1. The number of H-pyrrole nitrogens is 1. The highest BCUT2D eigenvalue weighted by Crippen LogP contribution is 2.30. The number of amides is 1. The summed E-state index contributed by atoms with van der Waals surface area (Å²) in [5.74, 6) is 2.18. The number of hydrogen-bond donors (Lipinski definition) is 2. The lowest BCUT2D eigenvalue weighted by Crippen LogP contribution is -2.40. The predicted octanol–water partition coefficient (Wildman–Crippen LogP) is 2.79. The number of nitrogens with two attached hydrogens (primary N) is 1. The first kappa shape index (κ1) is 15.6. The van der Waals surface area contributed by atoms with Crippen LogP contribution in [-0.2, 0) is 4.79 Å². The summed E-state index contributed by atoms with van der Waals surface area (Å²) in [4.78, 5) is 22.7. The molecule has 5 heteroatoms. The molecule has 1 aromatic carbocycles. The maximum Gasteiger partial charge on any atom is 0.222 e. The third kappa shape index (κ3) is 3.05. The van der Waals surface area contributed by atoms with Crippen molar-refractivity contribution in [2.24, 2.45) is 11.7 Å². The number of para-hydroxylation sites is 2. The zero-order valence-corrected chi connectivity index (χ0v) is 14.1. The Balaban J connectivity index is 1.35. The molecule has 1 saturated heterocycles. The fourth-order valence-corrected chi connectivity index (χ4v) is 4.24. The van der Waals surface area contributed by atoms with E-state index in [0.717, 1.165) is 55.6 Å². The van der Waals surface area contributed by atoms with E-state index in [-0.39, 0.29) is 6.04 Å². The molecule has 0 bridgehead atoms. The molecule has 2 aliphatic rings. The minimum Gasteiger partial charge on any atom is -0.343 e. The summed E-state index contributed by atoms with van der Waals surface area (Å²) in [6.45, 7) is 1.67. The van der Waals surface area contributed by atoms with E-state index < -0.39 is 0 Å². The molecule has 24 heavy (non-hydrogen) atoms. The summed E-state index contributed by atoms with van der Waals surface area (Å²) in [5.41, 5.74) is 8.24. The molecule has 1 aliphatic heterocycles. The minimum atomic E-state index is 0.224. The van der Waals surface area contributed by atoms with Crippen LogP contribution in [-0.4, -0.2) is 39.9 Å². The van der Waals surface area contributed by atoms with E-state index in [1.807, 2.05) is 23.1 Å². The van der Waals surface area contributed by atoms with Crippen LogP contribution in [0, 0.1) is 5.92 Å². The second kappa shape index (κ2) is 6.55. The van der Waals surface area contributed by atoms with Gasteiger partial charge in [0.15, 0.2) is 0 Å². The van der Waals surface area contributed by atoms with E-state index in [1.54, 1.807) is 0 Å². The van der Waals surface area contributed by atoms with E-state index in [9.17, 15) is 4.79 Å². The van der Waals surface area contributed by atoms with Crippen molar-refractivity contribution in [3.63, 3.8) is 0 Å². The lowest BCUT2D eigenvalue weighted by molar-refractivity contribution is -0.133. The van der Waals surface area contributed by atoms with Gasteiger partial charge in [-0.05, 0) is 43.7 Å². The number of benzene rings is 1. The fourth-order valence-electron chi connectivity index (χ4n) is 4.24. The maximum atomic E-state index is 12.5. The van der Waals surface area contributed by atoms with Crippen LogP contribution in [0.5, 0.6) is 0 Å². The number of fused-ring (bicyclic) bond motifs is 1. The zero-order chi connectivity index (χ0) is 16.5. The SMILES string of the molecule is N[C@@H]1CCC[C@H]1CC(=O)N1CCC(c2nc3ccccc3[nH]2)CC1. The van der Waals surface area contributed by atoms with Gasteiger partial charge in [0.2, 0.25) is 5.91 Å². The van der Waals surface area contributed by atoms with Crippen molar-refractivity contribution in [2.75, 3.05) is 13.1 Å². The number of hydrogen-bond acceptors (Lipinski definition) is 3. The van der Waals surface area contributed by atoms with Crippen LogP contribution in [0.1, 0.15) is 50.3 Å². The number of carbonyl (C=O) groups is 1. The van der Waals surface area contributed by atoms with E-state index in [1.165, 1.54) is 6.42 Å². The summed E-state index contributed by atoms with van der Waals surface area (Å²) < 4.78 is 0. The molecule has 0 radical (unpaired) electrons. The van der Waals surface area contributed by atoms with Gasteiger partial charge in [0.25, 0.3) is 0 Å². The molecule has 2 heterocycles.